The van der Waals surface area contributed by atoms with Crippen molar-refractivity contribution in [2.24, 2.45) is 0 Å². The maximum atomic E-state index is 12.2. The van der Waals surface area contributed by atoms with E-state index in [0.717, 1.165) is 10.0 Å². The van der Waals surface area contributed by atoms with Crippen LogP contribution in [0.5, 0.6) is 0 Å². The maximum absolute atomic E-state index is 12.2. The Morgan fingerprint density at radius 3 is 2.76 bits per heavy atom. The average Bonchev–Trinajstić information content (AvgIpc) is 2.31. The van der Waals surface area contributed by atoms with Crippen molar-refractivity contribution >= 4 is 27.4 Å². The lowest BCUT2D eigenvalue weighted by Gasteiger charge is -2.05. The van der Waals surface area contributed by atoms with Gasteiger partial charge in [0.05, 0.1) is 0 Å². The number of nitrogens with zero attached hydrogens (tertiary/aromatic N) is 1. The number of nitrogen functional groups attached to an aromatic ring is 1. The van der Waals surface area contributed by atoms with E-state index in [1.54, 1.807) is 36.7 Å². The van der Waals surface area contributed by atoms with Gasteiger partial charge in [-0.2, -0.15) is 0 Å². The molecule has 0 aliphatic heterocycles. The zero-order valence-corrected chi connectivity index (χ0v) is 10.9. The fourth-order valence-corrected chi connectivity index (χ4v) is 1.92. The fraction of sp³-hybridized carbons (Fsp3) is 0.0769. The van der Waals surface area contributed by atoms with Crippen molar-refractivity contribution in [2.45, 2.75) is 6.92 Å². The Morgan fingerprint density at radius 1 is 1.29 bits per heavy atom. The second-order valence-electron chi connectivity index (χ2n) is 3.81. The highest BCUT2D eigenvalue weighted by Crippen LogP contribution is 2.21. The molecule has 17 heavy (non-hydrogen) atoms. The van der Waals surface area contributed by atoms with Crippen LogP contribution >= 0.6 is 15.9 Å². The molecule has 3 nitrogen and oxygen atoms in total. The fourth-order valence-electron chi connectivity index (χ4n) is 1.56. The summed E-state index contributed by atoms with van der Waals surface area (Å²) >= 11 is 3.33. The lowest BCUT2D eigenvalue weighted by atomic mass is 10.0. The molecule has 0 saturated heterocycles. The number of aromatic nitrogens is 1. The minimum atomic E-state index is -0.111. The summed E-state index contributed by atoms with van der Waals surface area (Å²) < 4.78 is 0.829. The molecule has 2 N–H and O–H groups in total. The third-order valence-electron chi connectivity index (χ3n) is 2.40. The van der Waals surface area contributed by atoms with Crippen LogP contribution in [0.25, 0.3) is 0 Å². The molecule has 0 unspecified atom stereocenters. The van der Waals surface area contributed by atoms with Gasteiger partial charge in [-0.1, -0.05) is 15.9 Å². The number of hydrogen-bond acceptors (Lipinski definition) is 3. The quantitative estimate of drug-likeness (QED) is 0.683. The number of ketones is 1. The number of nitrogens with two attached hydrogens (primary N) is 1. The number of carbonyl (C=O) groups is 1. The Morgan fingerprint density at radius 2 is 2.06 bits per heavy atom. The summed E-state index contributed by atoms with van der Waals surface area (Å²) in [6.45, 7) is 1.90. The average molecular weight is 291 g/mol. The van der Waals surface area contributed by atoms with Gasteiger partial charge in [0.2, 0.25) is 0 Å². The van der Waals surface area contributed by atoms with Crippen LogP contribution in [0.15, 0.2) is 41.1 Å². The maximum Gasteiger partial charge on any atom is 0.196 e. The number of aryl methyl sites for hydroxylation is 1. The van der Waals surface area contributed by atoms with Crippen molar-refractivity contribution in [2.75, 3.05) is 5.73 Å². The van der Waals surface area contributed by atoms with Crippen LogP contribution in [0.2, 0.25) is 0 Å². The van der Waals surface area contributed by atoms with Crippen LogP contribution in [-0.2, 0) is 0 Å². The highest BCUT2D eigenvalue weighted by molar-refractivity contribution is 9.10. The third-order valence-corrected chi connectivity index (χ3v) is 2.89. The molecule has 0 aliphatic rings. The molecule has 0 radical (unpaired) electrons. The first kappa shape index (κ1) is 11.8. The van der Waals surface area contributed by atoms with Crippen molar-refractivity contribution < 1.29 is 4.79 Å². The minimum Gasteiger partial charge on any atom is -0.398 e. The van der Waals surface area contributed by atoms with Gasteiger partial charge in [-0.3, -0.25) is 9.78 Å². The summed E-state index contributed by atoms with van der Waals surface area (Å²) in [5, 5.41) is 0. The first-order chi connectivity index (χ1) is 8.08. The van der Waals surface area contributed by atoms with E-state index >= 15 is 0 Å². The van der Waals surface area contributed by atoms with E-state index < -0.39 is 0 Å². The first-order valence-corrected chi connectivity index (χ1v) is 5.88. The molecule has 2 aromatic rings. The lowest BCUT2D eigenvalue weighted by Crippen LogP contribution is -2.06. The van der Waals surface area contributed by atoms with Crippen LogP contribution in [0.1, 0.15) is 21.5 Å². The van der Waals surface area contributed by atoms with Crippen molar-refractivity contribution in [3.63, 3.8) is 0 Å². The number of pyridine rings is 1. The Hall–Kier alpha value is -1.68. The van der Waals surface area contributed by atoms with Crippen molar-refractivity contribution in [3.8, 4) is 0 Å². The summed E-state index contributed by atoms with van der Waals surface area (Å²) in [4.78, 5) is 16.2. The van der Waals surface area contributed by atoms with Gasteiger partial charge in [-0.15, -0.1) is 0 Å². The molecule has 0 fully saturated rings. The summed E-state index contributed by atoms with van der Waals surface area (Å²) in [7, 11) is 0. The summed E-state index contributed by atoms with van der Waals surface area (Å²) in [5.74, 6) is -0.111. The molecule has 0 aliphatic carbocycles. The van der Waals surface area contributed by atoms with E-state index in [-0.39, 0.29) is 5.78 Å². The molecular weight excluding hydrogens is 280 g/mol. The van der Waals surface area contributed by atoms with Gasteiger partial charge >= 0.3 is 0 Å². The molecule has 0 spiro atoms. The number of hydrogen-bond donors (Lipinski definition) is 1. The molecule has 0 atom stereocenters. The van der Waals surface area contributed by atoms with Gasteiger partial charge in [-0.25, -0.2) is 0 Å². The van der Waals surface area contributed by atoms with Crippen LogP contribution in [-0.4, -0.2) is 10.8 Å². The van der Waals surface area contributed by atoms with E-state index in [0.29, 0.717) is 16.8 Å². The molecule has 1 heterocycles. The Bertz CT molecular complexity index is 581. The molecule has 4 heteroatoms. The Kier molecular flexibility index (Phi) is 3.24. The summed E-state index contributed by atoms with van der Waals surface area (Å²) in [6.07, 6.45) is 3.26. The van der Waals surface area contributed by atoms with Crippen LogP contribution < -0.4 is 5.73 Å². The van der Waals surface area contributed by atoms with Crippen molar-refractivity contribution in [1.82, 2.24) is 4.98 Å². The number of anilines is 1. The topological polar surface area (TPSA) is 56.0 Å². The lowest BCUT2D eigenvalue weighted by molar-refractivity contribution is 0.103. The number of benzene rings is 1. The van der Waals surface area contributed by atoms with E-state index in [2.05, 4.69) is 20.9 Å². The summed E-state index contributed by atoms with van der Waals surface area (Å²) in [6, 6.07) is 7.04. The molecule has 1 aromatic carbocycles. The van der Waals surface area contributed by atoms with Gasteiger partial charge in [0, 0.05) is 33.7 Å². The third kappa shape index (κ3) is 2.53. The summed E-state index contributed by atoms with van der Waals surface area (Å²) in [5.41, 5.74) is 8.27. The van der Waals surface area contributed by atoms with Crippen molar-refractivity contribution in [3.05, 3.63) is 57.8 Å². The highest BCUT2D eigenvalue weighted by atomic mass is 79.9. The molecule has 1 aromatic heterocycles. The van der Waals surface area contributed by atoms with Gasteiger partial charge < -0.3 is 5.73 Å². The predicted molar refractivity (Wildman–Crippen MR) is 71.0 cm³/mol. The van der Waals surface area contributed by atoms with E-state index in [1.165, 1.54) is 0 Å². The van der Waals surface area contributed by atoms with E-state index in [9.17, 15) is 4.79 Å². The number of halogens is 1. The van der Waals surface area contributed by atoms with Gasteiger partial charge in [-0.05, 0) is 36.8 Å². The Balaban J connectivity index is 2.47. The second-order valence-corrected chi connectivity index (χ2v) is 4.73. The molecule has 0 amide bonds. The largest absolute Gasteiger partial charge is 0.398 e. The van der Waals surface area contributed by atoms with Gasteiger partial charge in [0.25, 0.3) is 0 Å². The van der Waals surface area contributed by atoms with Crippen LogP contribution in [0.4, 0.5) is 5.69 Å². The zero-order chi connectivity index (χ0) is 12.4. The molecule has 2 rings (SSSR count). The second kappa shape index (κ2) is 4.67. The smallest absolute Gasteiger partial charge is 0.196 e. The normalized spacial score (nSPS) is 10.2. The minimum absolute atomic E-state index is 0.111. The van der Waals surface area contributed by atoms with Gasteiger partial charge in [0.15, 0.2) is 5.78 Å². The first-order valence-electron chi connectivity index (χ1n) is 5.09. The zero-order valence-electron chi connectivity index (χ0n) is 9.27. The van der Waals surface area contributed by atoms with E-state index in [4.69, 9.17) is 5.73 Å². The number of carbonyl (C=O) groups excluding carboxylic acids is 1. The van der Waals surface area contributed by atoms with Crippen molar-refractivity contribution in [1.29, 1.82) is 0 Å². The van der Waals surface area contributed by atoms with Crippen LogP contribution in [0.3, 0.4) is 0 Å². The highest BCUT2D eigenvalue weighted by Gasteiger charge is 2.13. The SMILES string of the molecule is Cc1cncc(C(=O)c2cc(Br)ccc2N)c1. The van der Waals surface area contributed by atoms with Gasteiger partial charge in [0.1, 0.15) is 0 Å². The van der Waals surface area contributed by atoms with Crippen LogP contribution in [0, 0.1) is 6.92 Å². The molecular formula is C13H11BrN2O. The monoisotopic (exact) mass is 290 g/mol. The number of rotatable bonds is 2. The molecule has 86 valence electrons. The standard InChI is InChI=1S/C13H11BrN2O/c1-8-4-9(7-16-6-8)13(17)11-5-10(14)2-3-12(11)15/h2-7H,15H2,1H3. The predicted octanol–water partition coefficient (Wildman–Crippen LogP) is 2.97. The van der Waals surface area contributed by atoms with E-state index in [1.807, 2.05) is 6.92 Å². The molecule has 0 saturated carbocycles. The molecule has 0 bridgehead atoms. The Labute approximate surface area is 108 Å².